The molecule has 0 saturated heterocycles. The van der Waals surface area contributed by atoms with Gasteiger partial charge in [0.15, 0.2) is 0 Å². The molecule has 0 heterocycles. The van der Waals surface area contributed by atoms with Gasteiger partial charge in [-0.1, -0.05) is 18.2 Å². The van der Waals surface area contributed by atoms with Crippen LogP contribution in [0.2, 0.25) is 0 Å². The number of anilines is 2. The molecule has 0 atom stereocenters. The highest BCUT2D eigenvalue weighted by Crippen LogP contribution is 2.15. The fraction of sp³-hybridized carbons (Fsp3) is 0.0588. The molecule has 5 nitrogen and oxygen atoms in total. The molecule has 3 amide bonds. The van der Waals surface area contributed by atoms with Gasteiger partial charge >= 0.3 is 6.03 Å². The summed E-state index contributed by atoms with van der Waals surface area (Å²) >= 11 is 0. The maximum absolute atomic E-state index is 13.5. The van der Waals surface area contributed by atoms with Crippen LogP contribution in [0.5, 0.6) is 0 Å². The number of urea groups is 1. The van der Waals surface area contributed by atoms with Crippen molar-refractivity contribution in [3.8, 4) is 0 Å². The molecule has 0 fully saturated rings. The number of amides is 3. The highest BCUT2D eigenvalue weighted by Gasteiger charge is 2.10. The minimum atomic E-state index is -0.581. The van der Waals surface area contributed by atoms with E-state index in [1.807, 2.05) is 0 Å². The number of hydrogen-bond acceptors (Lipinski definition) is 2. The summed E-state index contributed by atoms with van der Waals surface area (Å²) in [4.78, 5) is 23.5. The topological polar surface area (TPSA) is 70.2 Å². The van der Waals surface area contributed by atoms with Gasteiger partial charge in [0.25, 0.3) is 5.91 Å². The van der Waals surface area contributed by atoms with Crippen molar-refractivity contribution in [3.63, 3.8) is 0 Å². The molecule has 0 spiro atoms. The van der Waals surface area contributed by atoms with E-state index in [0.717, 1.165) is 0 Å². The molecule has 2 rings (SSSR count). The Kier molecular flexibility index (Phi) is 5.46. The van der Waals surface area contributed by atoms with Crippen molar-refractivity contribution in [1.82, 2.24) is 5.32 Å². The number of nitrogens with one attached hydrogen (secondary N) is 3. The van der Waals surface area contributed by atoms with Gasteiger partial charge in [-0.2, -0.15) is 0 Å². The Hall–Kier alpha value is -3.15. The molecule has 0 radical (unpaired) electrons. The molecule has 6 heteroatoms. The van der Waals surface area contributed by atoms with Gasteiger partial charge in [-0.3, -0.25) is 4.79 Å². The predicted octanol–water partition coefficient (Wildman–Crippen LogP) is 3.39. The number of carbonyl (C=O) groups excluding carboxylic acids is 2. The fourth-order valence-electron chi connectivity index (χ4n) is 1.82. The first-order valence-electron chi connectivity index (χ1n) is 6.92. The van der Waals surface area contributed by atoms with E-state index in [9.17, 15) is 14.0 Å². The molecule has 23 heavy (non-hydrogen) atoms. The number of benzene rings is 2. The van der Waals surface area contributed by atoms with Crippen molar-refractivity contribution < 1.29 is 14.0 Å². The van der Waals surface area contributed by atoms with Crippen LogP contribution in [-0.4, -0.2) is 18.5 Å². The Labute approximate surface area is 133 Å². The summed E-state index contributed by atoms with van der Waals surface area (Å²) in [6.07, 6.45) is 1.57. The molecular formula is C17H16FN3O2. The van der Waals surface area contributed by atoms with Crippen LogP contribution in [0.15, 0.2) is 61.2 Å². The number of hydrogen-bond donors (Lipinski definition) is 3. The second kappa shape index (κ2) is 7.74. The van der Waals surface area contributed by atoms with Crippen LogP contribution in [0.25, 0.3) is 0 Å². The van der Waals surface area contributed by atoms with E-state index >= 15 is 0 Å². The molecule has 0 saturated carbocycles. The number of halogens is 1. The number of rotatable bonds is 5. The van der Waals surface area contributed by atoms with Crippen molar-refractivity contribution in [3.05, 3.63) is 72.6 Å². The molecule has 0 bridgehead atoms. The van der Waals surface area contributed by atoms with Crippen molar-refractivity contribution in [2.24, 2.45) is 0 Å². The maximum atomic E-state index is 13.5. The lowest BCUT2D eigenvalue weighted by atomic mass is 10.2. The lowest BCUT2D eigenvalue weighted by Gasteiger charge is -2.08. The monoisotopic (exact) mass is 313 g/mol. The molecule has 0 aliphatic heterocycles. The lowest BCUT2D eigenvalue weighted by Crippen LogP contribution is -2.28. The summed E-state index contributed by atoms with van der Waals surface area (Å²) in [5, 5.41) is 7.80. The summed E-state index contributed by atoms with van der Waals surface area (Å²) in [5.74, 6) is -1.12. The van der Waals surface area contributed by atoms with Gasteiger partial charge in [-0.25, -0.2) is 9.18 Å². The third kappa shape index (κ3) is 4.67. The van der Waals surface area contributed by atoms with Crippen LogP contribution in [0.3, 0.4) is 0 Å². The van der Waals surface area contributed by atoms with Crippen LogP contribution in [0.4, 0.5) is 20.6 Å². The Bertz CT molecular complexity index is 714. The standard InChI is InChI=1S/C17H16FN3O2/c1-2-11-19-17(23)21-13-9-7-12(8-10-13)20-16(22)14-5-3-4-6-15(14)18/h2-10H,1,11H2,(H,20,22)(H2,19,21,23). The van der Waals surface area contributed by atoms with Gasteiger partial charge in [-0.15, -0.1) is 6.58 Å². The van der Waals surface area contributed by atoms with Gasteiger partial charge in [0.2, 0.25) is 0 Å². The molecule has 0 aliphatic rings. The molecule has 2 aromatic carbocycles. The third-order valence-electron chi connectivity index (χ3n) is 2.93. The van der Waals surface area contributed by atoms with Crippen molar-refractivity contribution in [2.45, 2.75) is 0 Å². The van der Waals surface area contributed by atoms with Crippen LogP contribution in [0.1, 0.15) is 10.4 Å². The highest BCUT2D eigenvalue weighted by atomic mass is 19.1. The molecule has 0 aromatic heterocycles. The smallest absolute Gasteiger partial charge is 0.319 e. The van der Waals surface area contributed by atoms with Gasteiger partial charge in [-0.05, 0) is 36.4 Å². The minimum Gasteiger partial charge on any atom is -0.334 e. The summed E-state index contributed by atoms with van der Waals surface area (Å²) < 4.78 is 13.5. The minimum absolute atomic E-state index is 0.0292. The molecule has 0 aliphatic carbocycles. The quantitative estimate of drug-likeness (QED) is 0.741. The Morgan fingerprint density at radius 2 is 1.61 bits per heavy atom. The van der Waals surface area contributed by atoms with Gasteiger partial charge < -0.3 is 16.0 Å². The van der Waals surface area contributed by atoms with E-state index in [1.54, 1.807) is 36.4 Å². The lowest BCUT2D eigenvalue weighted by molar-refractivity contribution is 0.102. The summed E-state index contributed by atoms with van der Waals surface area (Å²) in [5.41, 5.74) is 1.03. The van der Waals surface area contributed by atoms with E-state index in [1.165, 1.54) is 18.2 Å². The Balaban J connectivity index is 1.97. The summed E-state index contributed by atoms with van der Waals surface area (Å²) in [6, 6.07) is 11.9. The average Bonchev–Trinajstić information content (AvgIpc) is 2.55. The molecular weight excluding hydrogens is 297 g/mol. The first kappa shape index (κ1) is 16.2. The van der Waals surface area contributed by atoms with E-state index in [2.05, 4.69) is 22.5 Å². The van der Waals surface area contributed by atoms with Crippen LogP contribution >= 0.6 is 0 Å². The third-order valence-corrected chi connectivity index (χ3v) is 2.93. The summed E-state index contributed by atoms with van der Waals surface area (Å²) in [7, 11) is 0. The van der Waals surface area contributed by atoms with Gasteiger partial charge in [0.1, 0.15) is 5.82 Å². The second-order valence-electron chi connectivity index (χ2n) is 4.64. The number of carbonyl (C=O) groups is 2. The zero-order chi connectivity index (χ0) is 16.7. The van der Waals surface area contributed by atoms with Crippen LogP contribution in [0, 0.1) is 5.82 Å². The van der Waals surface area contributed by atoms with Gasteiger partial charge in [0.05, 0.1) is 5.56 Å². The average molecular weight is 313 g/mol. The molecule has 3 N–H and O–H groups in total. The van der Waals surface area contributed by atoms with Crippen molar-refractivity contribution in [2.75, 3.05) is 17.2 Å². The Morgan fingerprint density at radius 1 is 1.00 bits per heavy atom. The molecule has 118 valence electrons. The van der Waals surface area contributed by atoms with Crippen molar-refractivity contribution >= 4 is 23.3 Å². The SMILES string of the molecule is C=CCNC(=O)Nc1ccc(NC(=O)c2ccccc2F)cc1. The van der Waals surface area contributed by atoms with E-state index in [-0.39, 0.29) is 11.6 Å². The van der Waals surface area contributed by atoms with Gasteiger partial charge in [0, 0.05) is 17.9 Å². The zero-order valence-electron chi connectivity index (χ0n) is 12.3. The predicted molar refractivity (Wildman–Crippen MR) is 88.0 cm³/mol. The highest BCUT2D eigenvalue weighted by molar-refractivity contribution is 6.04. The normalized spacial score (nSPS) is 9.78. The van der Waals surface area contributed by atoms with Crippen molar-refractivity contribution in [1.29, 1.82) is 0 Å². The summed E-state index contributed by atoms with van der Waals surface area (Å²) in [6.45, 7) is 3.86. The molecule has 0 unspecified atom stereocenters. The van der Waals surface area contributed by atoms with Crippen LogP contribution < -0.4 is 16.0 Å². The zero-order valence-corrected chi connectivity index (χ0v) is 12.3. The fourth-order valence-corrected chi connectivity index (χ4v) is 1.82. The largest absolute Gasteiger partial charge is 0.334 e. The van der Waals surface area contributed by atoms with E-state index in [4.69, 9.17) is 0 Å². The van der Waals surface area contributed by atoms with Crippen LogP contribution in [-0.2, 0) is 0 Å². The first-order chi connectivity index (χ1) is 11.1. The first-order valence-corrected chi connectivity index (χ1v) is 6.92. The molecule has 2 aromatic rings. The Morgan fingerprint density at radius 3 is 2.22 bits per heavy atom. The second-order valence-corrected chi connectivity index (χ2v) is 4.64. The van der Waals surface area contributed by atoms with E-state index in [0.29, 0.717) is 17.9 Å². The van der Waals surface area contributed by atoms with E-state index < -0.39 is 11.7 Å². The maximum Gasteiger partial charge on any atom is 0.319 e.